The fourth-order valence-corrected chi connectivity index (χ4v) is 3.64. The first-order valence-electron chi connectivity index (χ1n) is 10.1. The fourth-order valence-electron chi connectivity index (χ4n) is 3.64. The van der Waals surface area contributed by atoms with Crippen LogP contribution in [0.5, 0.6) is 0 Å². The Morgan fingerprint density at radius 3 is 2.32 bits per heavy atom. The zero-order valence-corrected chi connectivity index (χ0v) is 16.9. The van der Waals surface area contributed by atoms with Gasteiger partial charge in [-0.2, -0.15) is 13.2 Å². The molecule has 0 bridgehead atoms. The molecule has 2 aromatic rings. The van der Waals surface area contributed by atoms with Gasteiger partial charge < -0.3 is 15.2 Å². The smallest absolute Gasteiger partial charge is 0.351 e. The first-order valence-corrected chi connectivity index (χ1v) is 10.1. The van der Waals surface area contributed by atoms with Gasteiger partial charge in [-0.1, -0.05) is 12.1 Å². The summed E-state index contributed by atoms with van der Waals surface area (Å²) in [5.74, 6) is -0.0882. The Hall–Kier alpha value is -3.10. The van der Waals surface area contributed by atoms with Gasteiger partial charge in [0.1, 0.15) is 0 Å². The van der Waals surface area contributed by atoms with Crippen molar-refractivity contribution in [2.24, 2.45) is 5.92 Å². The van der Waals surface area contributed by atoms with Gasteiger partial charge in [0.05, 0.1) is 11.1 Å². The molecule has 0 atom stereocenters. The molecule has 2 N–H and O–H groups in total. The average molecular weight is 435 g/mol. The lowest BCUT2D eigenvalue weighted by atomic mass is 9.90. The topological polar surface area (TPSA) is 82.3 Å². The first kappa shape index (κ1) is 22.6. The molecule has 1 aromatic heterocycles. The number of piperidine rings is 1. The zero-order valence-electron chi connectivity index (χ0n) is 16.9. The molecule has 1 aliphatic heterocycles. The number of H-pyrrole nitrogens is 1. The summed E-state index contributed by atoms with van der Waals surface area (Å²) in [4.78, 5) is 39.6. The number of carbonyl (C=O) groups excluding carboxylic acids is 2. The van der Waals surface area contributed by atoms with E-state index in [2.05, 4.69) is 10.3 Å². The van der Waals surface area contributed by atoms with E-state index >= 15 is 0 Å². The highest BCUT2D eigenvalue weighted by molar-refractivity contribution is 5.94. The molecule has 1 aliphatic rings. The molecule has 0 unspecified atom stereocenters. The number of likely N-dealkylation sites (tertiary alicyclic amines) is 1. The quantitative estimate of drug-likeness (QED) is 0.732. The molecule has 166 valence electrons. The predicted octanol–water partition coefficient (Wildman–Crippen LogP) is 2.99. The highest BCUT2D eigenvalue weighted by Gasteiger charge is 2.30. The number of nitrogens with one attached hydrogen (secondary N) is 2. The van der Waals surface area contributed by atoms with Gasteiger partial charge >= 0.3 is 6.18 Å². The Kier molecular flexibility index (Phi) is 7.14. The van der Waals surface area contributed by atoms with E-state index in [4.69, 9.17) is 0 Å². The third-order valence-electron chi connectivity index (χ3n) is 5.44. The molecule has 6 nitrogen and oxygen atoms in total. The number of carbonyl (C=O) groups is 2. The highest BCUT2D eigenvalue weighted by atomic mass is 19.4. The van der Waals surface area contributed by atoms with Crippen LogP contribution in [-0.4, -0.2) is 41.3 Å². The van der Waals surface area contributed by atoms with Crippen LogP contribution in [0.4, 0.5) is 13.2 Å². The third kappa shape index (κ3) is 6.44. The molecule has 0 radical (unpaired) electrons. The van der Waals surface area contributed by atoms with Gasteiger partial charge in [0.2, 0.25) is 11.5 Å². The van der Waals surface area contributed by atoms with Gasteiger partial charge in [-0.25, -0.2) is 0 Å². The second-order valence-electron chi connectivity index (χ2n) is 7.67. The summed E-state index contributed by atoms with van der Waals surface area (Å²) in [6.45, 7) is 1.39. The number of aromatic amines is 1. The number of nitrogens with zero attached hydrogens (tertiary/aromatic N) is 1. The lowest BCUT2D eigenvalue weighted by Crippen LogP contribution is -2.40. The number of alkyl halides is 3. The molecule has 0 spiro atoms. The Morgan fingerprint density at radius 2 is 1.74 bits per heavy atom. The Labute approximate surface area is 177 Å². The Bertz CT molecular complexity index is 942. The van der Waals surface area contributed by atoms with Crippen molar-refractivity contribution in [1.82, 2.24) is 15.2 Å². The van der Waals surface area contributed by atoms with Gasteiger partial charge in [0, 0.05) is 38.3 Å². The number of halogens is 3. The van der Waals surface area contributed by atoms with Crippen LogP contribution < -0.4 is 10.9 Å². The van der Waals surface area contributed by atoms with Crippen LogP contribution in [0.1, 0.15) is 40.7 Å². The van der Waals surface area contributed by atoms with Gasteiger partial charge in [0.15, 0.2) is 0 Å². The summed E-state index contributed by atoms with van der Waals surface area (Å²) < 4.78 is 38.0. The molecule has 2 amide bonds. The summed E-state index contributed by atoms with van der Waals surface area (Å²) in [5, 5.41) is 2.66. The van der Waals surface area contributed by atoms with Gasteiger partial charge in [-0.15, -0.1) is 0 Å². The summed E-state index contributed by atoms with van der Waals surface area (Å²) in [6, 6.07) is 7.92. The number of amides is 2. The fraction of sp³-hybridized carbons (Fsp3) is 0.409. The second kappa shape index (κ2) is 9.80. The second-order valence-corrected chi connectivity index (χ2v) is 7.67. The first-order chi connectivity index (χ1) is 14.7. The monoisotopic (exact) mass is 435 g/mol. The Morgan fingerprint density at radius 1 is 1.06 bits per heavy atom. The van der Waals surface area contributed by atoms with E-state index in [-0.39, 0.29) is 30.3 Å². The summed E-state index contributed by atoms with van der Waals surface area (Å²) in [6.07, 6.45) is -0.564. The van der Waals surface area contributed by atoms with Crippen LogP contribution in [0.2, 0.25) is 0 Å². The number of rotatable bonds is 6. The van der Waals surface area contributed by atoms with Gasteiger partial charge in [-0.3, -0.25) is 14.4 Å². The van der Waals surface area contributed by atoms with Crippen molar-refractivity contribution >= 4 is 11.8 Å². The summed E-state index contributed by atoms with van der Waals surface area (Å²) in [5.41, 5.74) is 0.233. The van der Waals surface area contributed by atoms with Crippen LogP contribution in [-0.2, 0) is 17.4 Å². The highest BCUT2D eigenvalue weighted by Crippen LogP contribution is 2.30. The van der Waals surface area contributed by atoms with Crippen molar-refractivity contribution in [1.29, 1.82) is 0 Å². The average Bonchev–Trinajstić information content (AvgIpc) is 2.74. The molecule has 1 aromatic carbocycles. The summed E-state index contributed by atoms with van der Waals surface area (Å²) >= 11 is 0. The maximum absolute atomic E-state index is 12.7. The predicted molar refractivity (Wildman–Crippen MR) is 108 cm³/mol. The van der Waals surface area contributed by atoms with Crippen molar-refractivity contribution in [3.05, 3.63) is 69.6 Å². The zero-order chi connectivity index (χ0) is 22.4. The molecule has 9 heteroatoms. The van der Waals surface area contributed by atoms with E-state index in [1.54, 1.807) is 4.90 Å². The maximum atomic E-state index is 12.7. The molecule has 0 saturated carbocycles. The van der Waals surface area contributed by atoms with Crippen molar-refractivity contribution < 1.29 is 22.8 Å². The van der Waals surface area contributed by atoms with E-state index < -0.39 is 11.7 Å². The van der Waals surface area contributed by atoms with E-state index in [1.807, 2.05) is 0 Å². The van der Waals surface area contributed by atoms with Crippen LogP contribution >= 0.6 is 0 Å². The molecule has 2 heterocycles. The van der Waals surface area contributed by atoms with Crippen LogP contribution in [0.25, 0.3) is 0 Å². The van der Waals surface area contributed by atoms with E-state index in [1.165, 1.54) is 30.5 Å². The van der Waals surface area contributed by atoms with Gasteiger partial charge in [-0.05, 0) is 48.9 Å². The van der Waals surface area contributed by atoms with E-state index in [9.17, 15) is 27.6 Å². The normalized spacial score (nSPS) is 15.0. The van der Waals surface area contributed by atoms with Crippen molar-refractivity contribution in [3.8, 4) is 0 Å². The van der Waals surface area contributed by atoms with Crippen LogP contribution in [0.3, 0.4) is 0 Å². The van der Waals surface area contributed by atoms with Crippen LogP contribution in [0, 0.1) is 5.92 Å². The molecule has 1 saturated heterocycles. The van der Waals surface area contributed by atoms with E-state index in [0.717, 1.165) is 30.5 Å². The third-order valence-corrected chi connectivity index (χ3v) is 5.44. The number of aromatic nitrogens is 1. The molecule has 3 rings (SSSR count). The lowest BCUT2D eigenvalue weighted by molar-refractivity contribution is -0.137. The van der Waals surface area contributed by atoms with Crippen molar-refractivity contribution in [3.63, 3.8) is 0 Å². The maximum Gasteiger partial charge on any atom is 0.416 e. The van der Waals surface area contributed by atoms with Crippen molar-refractivity contribution in [2.45, 2.75) is 31.9 Å². The molecular weight excluding hydrogens is 411 g/mol. The Balaban J connectivity index is 1.39. The minimum atomic E-state index is -4.33. The van der Waals surface area contributed by atoms with E-state index in [0.29, 0.717) is 31.0 Å². The molecule has 0 aliphatic carbocycles. The summed E-state index contributed by atoms with van der Waals surface area (Å²) in [7, 11) is 0. The van der Waals surface area contributed by atoms with Gasteiger partial charge in [0.25, 0.3) is 5.91 Å². The van der Waals surface area contributed by atoms with Crippen LogP contribution in [0.15, 0.2) is 47.4 Å². The SMILES string of the molecule is O=C(NCCC(=O)N1CCC(Cc2ccc(C(F)(F)F)cc2)CC1)c1ccc(=O)[nH]c1. The number of hydrogen-bond acceptors (Lipinski definition) is 3. The van der Waals surface area contributed by atoms with Crippen molar-refractivity contribution in [2.75, 3.05) is 19.6 Å². The minimum absolute atomic E-state index is 0.0465. The minimum Gasteiger partial charge on any atom is -0.351 e. The number of hydrogen-bond donors (Lipinski definition) is 2. The standard InChI is InChI=1S/C22H24F3N3O3/c23-22(24,25)18-4-1-15(2-5-18)13-16-8-11-28(12-9-16)20(30)7-10-26-21(31)17-3-6-19(29)27-14-17/h1-6,14,16H,7-13H2,(H,26,31)(H,27,29). The molecular formula is C22H24F3N3O3. The number of pyridine rings is 1. The molecule has 31 heavy (non-hydrogen) atoms. The largest absolute Gasteiger partial charge is 0.416 e. The number of benzene rings is 1. The molecule has 1 fully saturated rings. The lowest BCUT2D eigenvalue weighted by Gasteiger charge is -2.32.